The van der Waals surface area contributed by atoms with Gasteiger partial charge in [0.1, 0.15) is 0 Å². The Hall–Kier alpha value is -2.97. The summed E-state index contributed by atoms with van der Waals surface area (Å²) in [5.74, 6) is -1.40. The molecule has 0 saturated heterocycles. The normalized spacial score (nSPS) is 12.5. The van der Waals surface area contributed by atoms with Gasteiger partial charge in [0.05, 0.1) is 38.1 Å². The maximum absolute atomic E-state index is 12.6. The quantitative estimate of drug-likeness (QED) is 0.360. The number of benzene rings is 3. The van der Waals surface area contributed by atoms with Crippen molar-refractivity contribution < 1.29 is 14.4 Å². The lowest BCUT2D eigenvalue weighted by Gasteiger charge is -2.16. The maximum Gasteiger partial charge on any atom is 0.266 e. The summed E-state index contributed by atoms with van der Waals surface area (Å²) in [6.07, 6.45) is 0. The molecule has 0 spiro atoms. The highest BCUT2D eigenvalue weighted by molar-refractivity contribution is 7.80. The fourth-order valence-electron chi connectivity index (χ4n) is 3.16. The molecule has 0 bridgehead atoms. The van der Waals surface area contributed by atoms with Crippen LogP contribution in [0.3, 0.4) is 0 Å². The Morgan fingerprint density at radius 1 is 0.844 bits per heavy atom. The number of thiocarbonyl (C=S) groups is 1. The smallest absolute Gasteiger partial charge is 0.266 e. The Balaban J connectivity index is 1.49. The molecule has 1 heterocycles. The van der Waals surface area contributed by atoms with Crippen LogP contribution >= 0.6 is 47.0 Å². The van der Waals surface area contributed by atoms with Crippen LogP contribution < -0.4 is 15.5 Å². The largest absolute Gasteiger partial charge is 0.331 e. The van der Waals surface area contributed by atoms with E-state index in [1.54, 1.807) is 42.5 Å². The van der Waals surface area contributed by atoms with Crippen LogP contribution in [-0.4, -0.2) is 22.8 Å². The molecule has 4 rings (SSSR count). The number of carbonyl (C=O) groups is 3. The van der Waals surface area contributed by atoms with E-state index in [2.05, 4.69) is 10.6 Å². The van der Waals surface area contributed by atoms with E-state index in [0.717, 1.165) is 4.90 Å². The molecular formula is C22H12Cl3N3O3S. The molecule has 1 aliphatic heterocycles. The zero-order valence-corrected chi connectivity index (χ0v) is 19.1. The molecule has 10 heteroatoms. The summed E-state index contributed by atoms with van der Waals surface area (Å²) in [5, 5.41) is 6.04. The summed E-state index contributed by atoms with van der Waals surface area (Å²) in [5.41, 5.74) is 1.51. The number of imide groups is 1. The summed E-state index contributed by atoms with van der Waals surface area (Å²) < 4.78 is 0. The Kier molecular flexibility index (Phi) is 6.17. The van der Waals surface area contributed by atoms with E-state index in [1.807, 2.05) is 0 Å². The number of halogens is 3. The number of fused-ring (bicyclic) bond motifs is 1. The van der Waals surface area contributed by atoms with Gasteiger partial charge in [0.2, 0.25) is 0 Å². The van der Waals surface area contributed by atoms with E-state index in [-0.39, 0.29) is 20.7 Å². The molecule has 0 aromatic heterocycles. The van der Waals surface area contributed by atoms with E-state index >= 15 is 0 Å². The second-order valence-electron chi connectivity index (χ2n) is 6.69. The second-order valence-corrected chi connectivity index (χ2v) is 8.35. The van der Waals surface area contributed by atoms with Crippen molar-refractivity contribution >= 4 is 81.2 Å². The minimum atomic E-state index is -0.547. The molecule has 1 aliphatic rings. The Bertz CT molecular complexity index is 1280. The molecule has 3 aromatic rings. The number of nitrogens with zero attached hydrogens (tertiary/aromatic N) is 1. The van der Waals surface area contributed by atoms with Crippen molar-refractivity contribution in [3.63, 3.8) is 0 Å². The van der Waals surface area contributed by atoms with Gasteiger partial charge in [-0.1, -0.05) is 46.9 Å². The van der Waals surface area contributed by atoms with Crippen LogP contribution in [0.2, 0.25) is 15.1 Å². The summed E-state index contributed by atoms with van der Waals surface area (Å²) >= 11 is 23.5. The molecule has 0 aliphatic carbocycles. The standard InChI is InChI=1S/C22H12Cl3N3O3S/c23-11-5-7-16(24)15(9-11)19(29)27-22(32)26-18-8-6-12(10-17(18)25)28-20(30)13-3-1-2-4-14(13)21(28)31/h1-10H,(H2,26,27,29,32). The molecule has 2 N–H and O–H groups in total. The molecule has 32 heavy (non-hydrogen) atoms. The van der Waals surface area contributed by atoms with E-state index < -0.39 is 17.7 Å². The Labute approximate surface area is 203 Å². The van der Waals surface area contributed by atoms with Crippen LogP contribution in [0.5, 0.6) is 0 Å². The molecule has 0 radical (unpaired) electrons. The van der Waals surface area contributed by atoms with Crippen molar-refractivity contribution in [2.45, 2.75) is 0 Å². The number of hydrogen-bond donors (Lipinski definition) is 2. The van der Waals surface area contributed by atoms with Gasteiger partial charge in [-0.15, -0.1) is 0 Å². The number of carbonyl (C=O) groups excluding carboxylic acids is 3. The van der Waals surface area contributed by atoms with Crippen LogP contribution in [0.25, 0.3) is 0 Å². The lowest BCUT2D eigenvalue weighted by atomic mass is 10.1. The molecular weight excluding hydrogens is 493 g/mol. The van der Waals surface area contributed by atoms with Gasteiger partial charge in [-0.05, 0) is 60.7 Å². The minimum Gasteiger partial charge on any atom is -0.331 e. The van der Waals surface area contributed by atoms with E-state index in [9.17, 15) is 14.4 Å². The van der Waals surface area contributed by atoms with Crippen molar-refractivity contribution in [1.29, 1.82) is 0 Å². The molecule has 6 nitrogen and oxygen atoms in total. The first kappa shape index (κ1) is 22.2. The molecule has 0 fully saturated rings. The van der Waals surface area contributed by atoms with Gasteiger partial charge in [0.15, 0.2) is 5.11 Å². The molecule has 0 saturated carbocycles. The lowest BCUT2D eigenvalue weighted by Crippen LogP contribution is -2.34. The number of amides is 3. The van der Waals surface area contributed by atoms with Gasteiger partial charge in [0.25, 0.3) is 17.7 Å². The average Bonchev–Trinajstić information content (AvgIpc) is 3.01. The zero-order chi connectivity index (χ0) is 23.0. The van der Waals surface area contributed by atoms with Crippen LogP contribution in [-0.2, 0) is 0 Å². The first-order chi connectivity index (χ1) is 15.3. The number of rotatable bonds is 3. The van der Waals surface area contributed by atoms with Crippen LogP contribution in [0.15, 0.2) is 60.7 Å². The summed E-state index contributed by atoms with van der Waals surface area (Å²) in [7, 11) is 0. The second kappa shape index (κ2) is 8.88. The highest BCUT2D eigenvalue weighted by Gasteiger charge is 2.36. The average molecular weight is 505 g/mol. The number of nitrogens with one attached hydrogen (secondary N) is 2. The van der Waals surface area contributed by atoms with Gasteiger partial charge in [-0.2, -0.15) is 0 Å². The van der Waals surface area contributed by atoms with Crippen molar-refractivity contribution in [3.05, 3.63) is 92.4 Å². The van der Waals surface area contributed by atoms with Crippen molar-refractivity contribution in [2.24, 2.45) is 0 Å². The fraction of sp³-hybridized carbons (Fsp3) is 0. The number of hydrogen-bond acceptors (Lipinski definition) is 4. The van der Waals surface area contributed by atoms with E-state index in [4.69, 9.17) is 47.0 Å². The third-order valence-corrected chi connectivity index (χ3v) is 5.73. The molecule has 0 unspecified atom stereocenters. The van der Waals surface area contributed by atoms with E-state index in [1.165, 1.54) is 18.2 Å². The van der Waals surface area contributed by atoms with Gasteiger partial charge in [-0.3, -0.25) is 19.7 Å². The van der Waals surface area contributed by atoms with Crippen LogP contribution in [0.1, 0.15) is 31.1 Å². The zero-order valence-electron chi connectivity index (χ0n) is 16.0. The summed E-state index contributed by atoms with van der Waals surface area (Å²) in [6.45, 7) is 0. The molecule has 3 amide bonds. The maximum atomic E-state index is 12.6. The topological polar surface area (TPSA) is 78.5 Å². The monoisotopic (exact) mass is 503 g/mol. The molecule has 0 atom stereocenters. The lowest BCUT2D eigenvalue weighted by molar-refractivity contribution is 0.0923. The molecule has 3 aromatic carbocycles. The first-order valence-electron chi connectivity index (χ1n) is 9.11. The van der Waals surface area contributed by atoms with Crippen LogP contribution in [0.4, 0.5) is 11.4 Å². The highest BCUT2D eigenvalue weighted by atomic mass is 35.5. The van der Waals surface area contributed by atoms with Crippen molar-refractivity contribution in [2.75, 3.05) is 10.2 Å². The Morgan fingerprint density at radius 3 is 2.12 bits per heavy atom. The summed E-state index contributed by atoms with van der Waals surface area (Å²) in [6, 6.07) is 15.6. The fourth-order valence-corrected chi connectivity index (χ4v) is 3.96. The van der Waals surface area contributed by atoms with E-state index in [0.29, 0.717) is 27.5 Å². The number of anilines is 2. The van der Waals surface area contributed by atoms with Gasteiger partial charge >= 0.3 is 0 Å². The van der Waals surface area contributed by atoms with Crippen molar-refractivity contribution in [1.82, 2.24) is 5.32 Å². The van der Waals surface area contributed by atoms with Gasteiger partial charge in [-0.25, -0.2) is 4.90 Å². The third-order valence-electron chi connectivity index (χ3n) is 4.65. The Morgan fingerprint density at radius 2 is 1.50 bits per heavy atom. The van der Waals surface area contributed by atoms with Crippen LogP contribution in [0, 0.1) is 0 Å². The van der Waals surface area contributed by atoms with Gasteiger partial charge in [0, 0.05) is 5.02 Å². The van der Waals surface area contributed by atoms with Crippen molar-refractivity contribution in [3.8, 4) is 0 Å². The SMILES string of the molecule is O=C(NC(=S)Nc1ccc(N2C(=O)c3ccccc3C2=O)cc1Cl)c1cc(Cl)ccc1Cl. The first-order valence-corrected chi connectivity index (χ1v) is 10.6. The highest BCUT2D eigenvalue weighted by Crippen LogP contribution is 2.33. The minimum absolute atomic E-state index is 0.0265. The summed E-state index contributed by atoms with van der Waals surface area (Å²) in [4.78, 5) is 38.8. The third kappa shape index (κ3) is 4.20. The predicted octanol–water partition coefficient (Wildman–Crippen LogP) is 5.57. The van der Waals surface area contributed by atoms with Gasteiger partial charge < -0.3 is 5.32 Å². The molecule has 160 valence electrons. The predicted molar refractivity (Wildman–Crippen MR) is 129 cm³/mol.